The van der Waals surface area contributed by atoms with Gasteiger partial charge in [-0.05, 0) is 17.2 Å². The highest BCUT2D eigenvalue weighted by molar-refractivity contribution is 7.17. The molecule has 0 aliphatic heterocycles. The van der Waals surface area contributed by atoms with Crippen LogP contribution in [-0.2, 0) is 6.42 Å². The van der Waals surface area contributed by atoms with Crippen molar-refractivity contribution in [2.75, 3.05) is 0 Å². The van der Waals surface area contributed by atoms with Crippen LogP contribution >= 0.6 is 11.1 Å². The smallest absolute Gasteiger partial charge is 0.160 e. The Hall–Kier alpha value is -0.533. The molecule has 0 heterocycles. The van der Waals surface area contributed by atoms with Gasteiger partial charge >= 0.3 is 0 Å². The molecule has 0 nitrogen and oxygen atoms in total. The average molecular weight is 197 g/mol. The minimum absolute atomic E-state index is 1.06. The fraction of sp³-hybridized carbons (Fsp3) is 0.200. The van der Waals surface area contributed by atoms with Crippen molar-refractivity contribution in [2.24, 2.45) is 0 Å². The van der Waals surface area contributed by atoms with Gasteiger partial charge in [0, 0.05) is 0 Å². The lowest BCUT2D eigenvalue weighted by molar-refractivity contribution is 1.15. The Kier molecular flexibility index (Phi) is 3.57. The molecule has 1 aromatic carbocycles. The first kappa shape index (κ1) is 9.55. The van der Waals surface area contributed by atoms with Gasteiger partial charge in [-0.3, -0.25) is 0 Å². The quantitative estimate of drug-likeness (QED) is 0.514. The van der Waals surface area contributed by atoms with Gasteiger partial charge in [-0.2, -0.15) is 11.1 Å². The second-order valence-corrected chi connectivity index (χ2v) is 6.00. The molecule has 0 aliphatic rings. The van der Waals surface area contributed by atoms with E-state index in [1.54, 1.807) is 0 Å². The van der Waals surface area contributed by atoms with Crippen LogP contribution in [0.25, 0.3) is 0 Å². The summed E-state index contributed by atoms with van der Waals surface area (Å²) in [6, 6.07) is 8.36. The highest BCUT2D eigenvalue weighted by Gasteiger charge is 2.08. The maximum Gasteiger partial charge on any atom is 0.194 e. The Morgan fingerprint density at radius 2 is 2.17 bits per heavy atom. The van der Waals surface area contributed by atoms with Gasteiger partial charge in [-0.25, -0.2) is 0 Å². The fourth-order valence-corrected chi connectivity index (χ4v) is 3.09. The van der Waals surface area contributed by atoms with E-state index in [-0.39, 0.29) is 0 Å². The molecular weight excluding hydrogens is 184 g/mol. The van der Waals surface area contributed by atoms with E-state index in [2.05, 4.69) is 31.7 Å². The molecule has 0 N–H and O–H groups in total. The molecule has 0 fully saturated rings. The SMILES string of the molecule is C=C[SiH](Cl)c1ccccc1CC. The topological polar surface area (TPSA) is 0 Å². The molecular formula is C10H13ClSi. The standard InChI is InChI=1S/C10H13ClSi/c1-3-9-7-5-6-8-10(9)12(11)4-2/h4-8,12H,2-3H2,1H3. The van der Waals surface area contributed by atoms with Crippen LogP contribution in [0.15, 0.2) is 36.5 Å². The van der Waals surface area contributed by atoms with Gasteiger partial charge in [0.15, 0.2) is 8.11 Å². The van der Waals surface area contributed by atoms with E-state index in [4.69, 9.17) is 11.1 Å². The summed E-state index contributed by atoms with van der Waals surface area (Å²) in [7, 11) is -1.36. The molecule has 0 spiro atoms. The first-order chi connectivity index (χ1) is 5.79. The number of halogens is 1. The van der Waals surface area contributed by atoms with Crippen LogP contribution in [0.2, 0.25) is 0 Å². The van der Waals surface area contributed by atoms with Crippen molar-refractivity contribution in [2.45, 2.75) is 13.3 Å². The first-order valence-electron chi connectivity index (χ1n) is 4.14. The van der Waals surface area contributed by atoms with Crippen LogP contribution in [0, 0.1) is 0 Å². The molecule has 1 rings (SSSR count). The molecule has 12 heavy (non-hydrogen) atoms. The van der Waals surface area contributed by atoms with Crippen LogP contribution < -0.4 is 5.19 Å². The van der Waals surface area contributed by atoms with Crippen molar-refractivity contribution in [1.82, 2.24) is 0 Å². The molecule has 1 aromatic rings. The zero-order valence-electron chi connectivity index (χ0n) is 7.26. The van der Waals surface area contributed by atoms with E-state index in [0.717, 1.165) is 6.42 Å². The fourth-order valence-electron chi connectivity index (χ4n) is 1.25. The second kappa shape index (κ2) is 4.48. The summed E-state index contributed by atoms with van der Waals surface area (Å²) >= 11 is 6.20. The van der Waals surface area contributed by atoms with Crippen molar-refractivity contribution < 1.29 is 0 Å². The Balaban J connectivity index is 3.04. The van der Waals surface area contributed by atoms with E-state index in [1.807, 2.05) is 11.8 Å². The van der Waals surface area contributed by atoms with E-state index < -0.39 is 8.11 Å². The summed E-state index contributed by atoms with van der Waals surface area (Å²) in [5, 5.41) is 1.32. The van der Waals surface area contributed by atoms with Gasteiger partial charge in [-0.1, -0.05) is 36.9 Å². The van der Waals surface area contributed by atoms with E-state index in [0.29, 0.717) is 0 Å². The largest absolute Gasteiger partial charge is 0.194 e. The van der Waals surface area contributed by atoms with Crippen molar-refractivity contribution in [3.63, 3.8) is 0 Å². The second-order valence-electron chi connectivity index (χ2n) is 2.69. The Morgan fingerprint density at radius 1 is 1.50 bits per heavy atom. The Labute approximate surface area is 80.2 Å². The van der Waals surface area contributed by atoms with Crippen molar-refractivity contribution in [3.05, 3.63) is 42.1 Å². The van der Waals surface area contributed by atoms with Crippen molar-refractivity contribution >= 4 is 24.4 Å². The zero-order chi connectivity index (χ0) is 8.97. The molecule has 1 atom stereocenters. The molecule has 0 saturated carbocycles. The van der Waals surface area contributed by atoms with Gasteiger partial charge in [0.2, 0.25) is 0 Å². The molecule has 0 aliphatic carbocycles. The predicted molar refractivity (Wildman–Crippen MR) is 58.7 cm³/mol. The maximum absolute atomic E-state index is 6.20. The normalized spacial score (nSPS) is 12.5. The molecule has 0 bridgehead atoms. The lowest BCUT2D eigenvalue weighted by Crippen LogP contribution is -2.25. The third-order valence-corrected chi connectivity index (χ3v) is 4.75. The molecule has 2 heteroatoms. The lowest BCUT2D eigenvalue weighted by Gasteiger charge is -2.07. The number of aryl methyl sites for hydroxylation is 1. The number of benzene rings is 1. The van der Waals surface area contributed by atoms with E-state index in [1.165, 1.54) is 10.8 Å². The molecule has 0 amide bonds. The van der Waals surface area contributed by atoms with Crippen LogP contribution in [0.3, 0.4) is 0 Å². The van der Waals surface area contributed by atoms with Gasteiger partial charge in [0.05, 0.1) is 0 Å². The molecule has 64 valence electrons. The summed E-state index contributed by atoms with van der Waals surface area (Å²) in [4.78, 5) is 0. The van der Waals surface area contributed by atoms with E-state index in [9.17, 15) is 0 Å². The molecule has 0 aromatic heterocycles. The first-order valence-corrected chi connectivity index (χ1v) is 7.13. The third-order valence-electron chi connectivity index (χ3n) is 1.94. The summed E-state index contributed by atoms with van der Waals surface area (Å²) in [6.45, 7) is 5.89. The summed E-state index contributed by atoms with van der Waals surface area (Å²) in [5.41, 5.74) is 3.26. The number of hydrogen-bond acceptors (Lipinski definition) is 0. The highest BCUT2D eigenvalue weighted by Crippen LogP contribution is 2.02. The van der Waals surface area contributed by atoms with Gasteiger partial charge in [0.25, 0.3) is 0 Å². The summed E-state index contributed by atoms with van der Waals surface area (Å²) in [6.07, 6.45) is 1.06. The lowest BCUT2D eigenvalue weighted by atomic mass is 10.2. The van der Waals surface area contributed by atoms with Gasteiger partial charge in [0.1, 0.15) is 0 Å². The van der Waals surface area contributed by atoms with Gasteiger partial charge < -0.3 is 0 Å². The minimum atomic E-state index is -1.36. The minimum Gasteiger partial charge on any atom is -0.160 e. The van der Waals surface area contributed by atoms with Crippen LogP contribution in [0.5, 0.6) is 0 Å². The third kappa shape index (κ3) is 1.99. The Morgan fingerprint density at radius 3 is 2.75 bits per heavy atom. The summed E-state index contributed by atoms with van der Waals surface area (Å²) in [5.74, 6) is 0. The molecule has 1 unspecified atom stereocenters. The maximum atomic E-state index is 6.20. The van der Waals surface area contributed by atoms with E-state index >= 15 is 0 Å². The van der Waals surface area contributed by atoms with Crippen molar-refractivity contribution in [1.29, 1.82) is 0 Å². The Bertz CT molecular complexity index is 270. The molecule has 0 radical (unpaired) electrons. The van der Waals surface area contributed by atoms with Crippen LogP contribution in [-0.4, -0.2) is 8.11 Å². The average Bonchev–Trinajstić information content (AvgIpc) is 2.16. The molecule has 0 saturated heterocycles. The predicted octanol–water partition coefficient (Wildman–Crippen LogP) is 2.14. The highest BCUT2D eigenvalue weighted by atomic mass is 35.6. The van der Waals surface area contributed by atoms with Crippen LogP contribution in [0.4, 0.5) is 0 Å². The number of rotatable bonds is 3. The van der Waals surface area contributed by atoms with Crippen molar-refractivity contribution in [3.8, 4) is 0 Å². The zero-order valence-corrected chi connectivity index (χ0v) is 9.17. The number of hydrogen-bond donors (Lipinski definition) is 0. The van der Waals surface area contributed by atoms with Crippen LogP contribution in [0.1, 0.15) is 12.5 Å². The van der Waals surface area contributed by atoms with Gasteiger partial charge in [-0.15, -0.1) is 6.58 Å². The summed E-state index contributed by atoms with van der Waals surface area (Å²) < 4.78 is 0. The monoisotopic (exact) mass is 196 g/mol.